The second-order valence-electron chi connectivity index (χ2n) is 6.22. The maximum Gasteiger partial charge on any atom is 0.341 e. The summed E-state index contributed by atoms with van der Waals surface area (Å²) in [7, 11) is 1.28. The Kier molecular flexibility index (Phi) is 5.79. The van der Waals surface area contributed by atoms with Crippen LogP contribution >= 0.6 is 11.3 Å². The maximum absolute atomic E-state index is 12.2. The summed E-state index contributed by atoms with van der Waals surface area (Å²) in [5.74, 6) is -1.54. The molecule has 2 aromatic heterocycles. The number of para-hydroxylation sites is 1. The third-order valence-corrected chi connectivity index (χ3v) is 5.52. The average Bonchev–Trinajstić information content (AvgIpc) is 3.20. The number of H-pyrrole nitrogens is 1. The van der Waals surface area contributed by atoms with E-state index >= 15 is 0 Å². The number of aryl methyl sites for hydroxylation is 1. The van der Waals surface area contributed by atoms with Crippen LogP contribution < -0.4 is 5.32 Å². The molecule has 2 N–H and O–H groups in total. The molecule has 3 rings (SSSR count). The molecule has 2 heterocycles. The molecule has 0 radical (unpaired) electrons. The van der Waals surface area contributed by atoms with Crippen LogP contribution in [0.25, 0.3) is 10.9 Å². The van der Waals surface area contributed by atoms with E-state index in [2.05, 4.69) is 10.3 Å². The van der Waals surface area contributed by atoms with Crippen molar-refractivity contribution in [1.29, 1.82) is 0 Å². The van der Waals surface area contributed by atoms with Crippen molar-refractivity contribution in [2.24, 2.45) is 0 Å². The quantitative estimate of drug-likeness (QED) is 0.619. The highest BCUT2D eigenvalue weighted by atomic mass is 32.1. The molecule has 28 heavy (non-hydrogen) atoms. The lowest BCUT2D eigenvalue weighted by Gasteiger charge is -2.07. The molecular formula is C20H20N2O5S. The van der Waals surface area contributed by atoms with E-state index in [0.29, 0.717) is 10.6 Å². The van der Waals surface area contributed by atoms with Crippen LogP contribution in [0.3, 0.4) is 0 Å². The van der Waals surface area contributed by atoms with Gasteiger partial charge in [-0.3, -0.25) is 9.59 Å². The minimum absolute atomic E-state index is 0.0575. The Balaban J connectivity index is 1.59. The minimum Gasteiger partial charge on any atom is -0.465 e. The first kappa shape index (κ1) is 19.6. The van der Waals surface area contributed by atoms with Crippen molar-refractivity contribution in [2.75, 3.05) is 19.0 Å². The van der Waals surface area contributed by atoms with Crippen molar-refractivity contribution in [1.82, 2.24) is 4.98 Å². The van der Waals surface area contributed by atoms with E-state index < -0.39 is 24.5 Å². The number of nitrogens with one attached hydrogen (secondary N) is 2. The highest BCUT2D eigenvalue weighted by Crippen LogP contribution is 2.32. The number of amides is 1. The fourth-order valence-electron chi connectivity index (χ4n) is 2.86. The van der Waals surface area contributed by atoms with E-state index in [1.165, 1.54) is 18.4 Å². The Bertz CT molecular complexity index is 1050. The summed E-state index contributed by atoms with van der Waals surface area (Å²) in [6, 6.07) is 7.63. The van der Waals surface area contributed by atoms with Gasteiger partial charge in [-0.15, -0.1) is 11.3 Å². The number of aromatic amines is 1. The fourth-order valence-corrected chi connectivity index (χ4v) is 3.92. The number of carbonyl (C=O) groups is 3. The van der Waals surface area contributed by atoms with Gasteiger partial charge < -0.3 is 19.8 Å². The topological polar surface area (TPSA) is 97.5 Å². The Morgan fingerprint density at radius 1 is 1.18 bits per heavy atom. The highest BCUT2D eigenvalue weighted by molar-refractivity contribution is 7.16. The first-order valence-electron chi connectivity index (χ1n) is 8.59. The molecule has 0 aliphatic heterocycles. The van der Waals surface area contributed by atoms with Crippen LogP contribution in [-0.2, 0) is 25.5 Å². The summed E-state index contributed by atoms with van der Waals surface area (Å²) in [5.41, 5.74) is 2.81. The summed E-state index contributed by atoms with van der Waals surface area (Å²) >= 11 is 1.28. The molecule has 0 saturated heterocycles. The smallest absolute Gasteiger partial charge is 0.341 e. The summed E-state index contributed by atoms with van der Waals surface area (Å²) in [6.45, 7) is 3.20. The van der Waals surface area contributed by atoms with Crippen molar-refractivity contribution in [3.63, 3.8) is 0 Å². The van der Waals surface area contributed by atoms with Gasteiger partial charge >= 0.3 is 11.9 Å². The molecule has 8 heteroatoms. The van der Waals surface area contributed by atoms with Gasteiger partial charge in [-0.1, -0.05) is 18.2 Å². The standard InChI is InChI=1S/C20H20N2O5S/c1-11-12(2)28-19(18(11)20(25)26-3)22-16(23)10-27-17(24)8-13-9-21-15-7-5-4-6-14(13)15/h4-7,9,21H,8,10H2,1-3H3,(H,22,23). The molecule has 0 spiro atoms. The van der Waals surface area contributed by atoms with Crippen molar-refractivity contribution < 1.29 is 23.9 Å². The number of esters is 2. The lowest BCUT2D eigenvalue weighted by molar-refractivity contribution is -0.146. The third kappa shape index (κ3) is 4.07. The van der Waals surface area contributed by atoms with E-state index in [1.807, 2.05) is 31.2 Å². The number of aromatic nitrogens is 1. The Labute approximate surface area is 165 Å². The predicted molar refractivity (Wildman–Crippen MR) is 107 cm³/mol. The molecule has 0 aliphatic rings. The number of ether oxygens (including phenoxy) is 2. The SMILES string of the molecule is COC(=O)c1c(NC(=O)COC(=O)Cc2c[nH]c3ccccc23)sc(C)c1C. The van der Waals surface area contributed by atoms with Gasteiger partial charge in [-0.25, -0.2) is 4.79 Å². The van der Waals surface area contributed by atoms with Crippen LogP contribution in [0.4, 0.5) is 5.00 Å². The fraction of sp³-hybridized carbons (Fsp3) is 0.250. The maximum atomic E-state index is 12.2. The molecule has 146 valence electrons. The Hall–Kier alpha value is -3.13. The number of rotatable bonds is 6. The van der Waals surface area contributed by atoms with Gasteiger partial charge in [0.1, 0.15) is 5.00 Å². The second-order valence-corrected chi connectivity index (χ2v) is 7.45. The molecule has 0 saturated carbocycles. The van der Waals surface area contributed by atoms with E-state index in [-0.39, 0.29) is 6.42 Å². The average molecular weight is 400 g/mol. The van der Waals surface area contributed by atoms with E-state index in [0.717, 1.165) is 26.9 Å². The van der Waals surface area contributed by atoms with Crippen LogP contribution in [0.1, 0.15) is 26.4 Å². The lowest BCUT2D eigenvalue weighted by atomic mass is 10.1. The second kappa shape index (κ2) is 8.26. The molecular weight excluding hydrogens is 380 g/mol. The third-order valence-electron chi connectivity index (χ3n) is 4.40. The predicted octanol–water partition coefficient (Wildman–Crippen LogP) is 3.36. The molecule has 0 unspecified atom stereocenters. The van der Waals surface area contributed by atoms with Crippen LogP contribution in [0.15, 0.2) is 30.5 Å². The zero-order valence-corrected chi connectivity index (χ0v) is 16.6. The number of methoxy groups -OCH3 is 1. The van der Waals surface area contributed by atoms with Crippen LogP contribution in [0, 0.1) is 13.8 Å². The van der Waals surface area contributed by atoms with Crippen molar-refractivity contribution in [2.45, 2.75) is 20.3 Å². The summed E-state index contributed by atoms with van der Waals surface area (Å²) in [6.07, 6.45) is 1.81. The van der Waals surface area contributed by atoms with Crippen molar-refractivity contribution >= 4 is 45.1 Å². The van der Waals surface area contributed by atoms with Gasteiger partial charge in [0.05, 0.1) is 19.1 Å². The summed E-state index contributed by atoms with van der Waals surface area (Å²) in [5, 5.41) is 3.96. The molecule has 1 amide bonds. The normalized spacial score (nSPS) is 10.7. The lowest BCUT2D eigenvalue weighted by Crippen LogP contribution is -2.22. The largest absolute Gasteiger partial charge is 0.465 e. The number of thiophene rings is 1. The summed E-state index contributed by atoms with van der Waals surface area (Å²) in [4.78, 5) is 40.2. The molecule has 3 aromatic rings. The first-order chi connectivity index (χ1) is 13.4. The number of carbonyl (C=O) groups excluding carboxylic acids is 3. The number of fused-ring (bicyclic) bond motifs is 1. The Morgan fingerprint density at radius 2 is 1.93 bits per heavy atom. The monoisotopic (exact) mass is 400 g/mol. The minimum atomic E-state index is -0.520. The van der Waals surface area contributed by atoms with Gasteiger partial charge in [0.25, 0.3) is 5.91 Å². The number of anilines is 1. The van der Waals surface area contributed by atoms with Crippen molar-refractivity contribution in [3.05, 3.63) is 52.0 Å². The number of hydrogen-bond donors (Lipinski definition) is 2. The molecule has 7 nitrogen and oxygen atoms in total. The Morgan fingerprint density at radius 3 is 2.68 bits per heavy atom. The first-order valence-corrected chi connectivity index (χ1v) is 9.41. The van der Waals surface area contributed by atoms with E-state index in [1.54, 1.807) is 13.1 Å². The summed E-state index contributed by atoms with van der Waals surface area (Å²) < 4.78 is 9.86. The number of hydrogen-bond acceptors (Lipinski definition) is 6. The molecule has 0 fully saturated rings. The van der Waals surface area contributed by atoms with Gasteiger partial charge in [-0.2, -0.15) is 0 Å². The molecule has 0 aliphatic carbocycles. The van der Waals surface area contributed by atoms with E-state index in [4.69, 9.17) is 9.47 Å². The van der Waals surface area contributed by atoms with Gasteiger partial charge in [0.15, 0.2) is 6.61 Å². The molecule has 1 aromatic carbocycles. The molecule has 0 atom stereocenters. The highest BCUT2D eigenvalue weighted by Gasteiger charge is 2.22. The van der Waals surface area contributed by atoms with Crippen LogP contribution in [0.5, 0.6) is 0 Å². The zero-order valence-electron chi connectivity index (χ0n) is 15.8. The van der Waals surface area contributed by atoms with Gasteiger partial charge in [-0.05, 0) is 31.0 Å². The molecule has 0 bridgehead atoms. The van der Waals surface area contributed by atoms with Gasteiger partial charge in [0, 0.05) is 22.0 Å². The van der Waals surface area contributed by atoms with Crippen LogP contribution in [0.2, 0.25) is 0 Å². The van der Waals surface area contributed by atoms with E-state index in [9.17, 15) is 14.4 Å². The van der Waals surface area contributed by atoms with Gasteiger partial charge in [0.2, 0.25) is 0 Å². The zero-order chi connectivity index (χ0) is 20.3. The van der Waals surface area contributed by atoms with Crippen molar-refractivity contribution in [3.8, 4) is 0 Å². The van der Waals surface area contributed by atoms with Crippen LogP contribution in [-0.4, -0.2) is 36.5 Å². The number of benzene rings is 1.